The molecule has 0 bridgehead atoms. The normalized spacial score (nSPS) is 21.2. The van der Waals surface area contributed by atoms with Crippen molar-refractivity contribution in [3.05, 3.63) is 12.1 Å². The predicted molar refractivity (Wildman–Crippen MR) is 73.0 cm³/mol. The third-order valence-electron chi connectivity index (χ3n) is 4.05. The van der Waals surface area contributed by atoms with Gasteiger partial charge in [0.15, 0.2) is 11.5 Å². The van der Waals surface area contributed by atoms with Crippen LogP contribution >= 0.6 is 0 Å². The Morgan fingerprint density at radius 1 is 1.42 bits per heavy atom. The van der Waals surface area contributed by atoms with Crippen LogP contribution in [-0.2, 0) is 0 Å². The van der Waals surface area contributed by atoms with E-state index in [4.69, 9.17) is 0 Å². The molecular formula is C13H20N6. The molecule has 3 heterocycles. The number of fused-ring (bicyclic) bond motifs is 1. The summed E-state index contributed by atoms with van der Waals surface area (Å²) >= 11 is 0. The summed E-state index contributed by atoms with van der Waals surface area (Å²) in [6.07, 6.45) is 5.02. The van der Waals surface area contributed by atoms with E-state index < -0.39 is 0 Å². The highest BCUT2D eigenvalue weighted by atomic mass is 15.6. The maximum Gasteiger partial charge on any atom is 0.200 e. The monoisotopic (exact) mass is 260 g/mol. The molecular weight excluding hydrogens is 240 g/mol. The molecule has 2 unspecified atom stereocenters. The Kier molecular flexibility index (Phi) is 3.31. The average molecular weight is 260 g/mol. The fourth-order valence-electron chi connectivity index (χ4n) is 3.11. The van der Waals surface area contributed by atoms with Crippen LogP contribution in [0.15, 0.2) is 12.1 Å². The summed E-state index contributed by atoms with van der Waals surface area (Å²) < 4.78 is 1.51. The van der Waals surface area contributed by atoms with Gasteiger partial charge in [0, 0.05) is 12.6 Å². The largest absolute Gasteiger partial charge is 0.352 e. The van der Waals surface area contributed by atoms with Crippen LogP contribution in [0.25, 0.3) is 5.65 Å². The van der Waals surface area contributed by atoms with E-state index in [1.54, 1.807) is 0 Å². The molecule has 2 atom stereocenters. The topological polar surface area (TPSA) is 59.2 Å². The number of rotatable bonds is 4. The van der Waals surface area contributed by atoms with Crippen molar-refractivity contribution in [2.75, 3.05) is 11.4 Å². The number of hydrogen-bond donors (Lipinski definition) is 0. The van der Waals surface area contributed by atoms with Gasteiger partial charge in [-0.05, 0) is 47.7 Å². The highest BCUT2D eigenvalue weighted by Crippen LogP contribution is 2.30. The first kappa shape index (κ1) is 12.3. The first-order valence-corrected chi connectivity index (χ1v) is 7.11. The Morgan fingerprint density at radius 2 is 2.32 bits per heavy atom. The molecule has 6 nitrogen and oxygen atoms in total. The van der Waals surface area contributed by atoms with Crippen LogP contribution in [-0.4, -0.2) is 37.8 Å². The van der Waals surface area contributed by atoms with Crippen molar-refractivity contribution < 1.29 is 0 Å². The van der Waals surface area contributed by atoms with Gasteiger partial charge in [-0.15, -0.1) is 14.8 Å². The lowest BCUT2D eigenvalue weighted by Crippen LogP contribution is -2.35. The number of aromatic nitrogens is 5. The molecule has 0 aliphatic carbocycles. The van der Waals surface area contributed by atoms with Crippen molar-refractivity contribution in [3.8, 4) is 0 Å². The van der Waals surface area contributed by atoms with Crippen LogP contribution < -0.4 is 4.90 Å². The van der Waals surface area contributed by atoms with Gasteiger partial charge < -0.3 is 4.90 Å². The molecule has 1 aliphatic heterocycles. The second-order valence-corrected chi connectivity index (χ2v) is 5.39. The second kappa shape index (κ2) is 5.11. The molecule has 102 valence electrons. The fourth-order valence-corrected chi connectivity index (χ4v) is 3.11. The Morgan fingerprint density at radius 3 is 3.16 bits per heavy atom. The summed E-state index contributed by atoms with van der Waals surface area (Å²) in [4.78, 5) is 2.42. The lowest BCUT2D eigenvalue weighted by molar-refractivity contribution is 0.419. The van der Waals surface area contributed by atoms with Crippen LogP contribution in [0.2, 0.25) is 0 Å². The number of anilines is 1. The Hall–Kier alpha value is -1.72. The van der Waals surface area contributed by atoms with E-state index in [9.17, 15) is 0 Å². The van der Waals surface area contributed by atoms with Gasteiger partial charge in [-0.3, -0.25) is 0 Å². The molecule has 1 aliphatic rings. The molecule has 0 N–H and O–H groups in total. The van der Waals surface area contributed by atoms with Crippen LogP contribution in [0, 0.1) is 5.92 Å². The van der Waals surface area contributed by atoms with Crippen molar-refractivity contribution in [1.29, 1.82) is 0 Å². The highest BCUT2D eigenvalue weighted by molar-refractivity contribution is 5.46. The molecule has 6 heteroatoms. The summed E-state index contributed by atoms with van der Waals surface area (Å²) in [6, 6.07) is 4.56. The molecule has 1 fully saturated rings. The zero-order chi connectivity index (χ0) is 13.2. The van der Waals surface area contributed by atoms with Gasteiger partial charge in [0.05, 0.1) is 0 Å². The standard InChI is InChI=1S/C13H20N6/c1-3-5-10(2)11-6-4-9-18(11)13-8-7-12-14-16-17-19(12)15-13/h7-8,10-11H,3-6,9H2,1-2H3. The van der Waals surface area contributed by atoms with Gasteiger partial charge in [-0.1, -0.05) is 20.3 Å². The summed E-state index contributed by atoms with van der Waals surface area (Å²) in [6.45, 7) is 5.68. The van der Waals surface area contributed by atoms with Gasteiger partial charge >= 0.3 is 0 Å². The minimum atomic E-state index is 0.599. The van der Waals surface area contributed by atoms with Crippen LogP contribution in [0.1, 0.15) is 39.5 Å². The maximum atomic E-state index is 4.52. The minimum Gasteiger partial charge on any atom is -0.352 e. The van der Waals surface area contributed by atoms with E-state index in [1.165, 1.54) is 30.3 Å². The van der Waals surface area contributed by atoms with Crippen molar-refractivity contribution in [2.45, 2.75) is 45.6 Å². The van der Waals surface area contributed by atoms with E-state index in [0.717, 1.165) is 12.4 Å². The molecule has 1 saturated heterocycles. The van der Waals surface area contributed by atoms with Gasteiger partial charge in [-0.25, -0.2) is 0 Å². The molecule has 19 heavy (non-hydrogen) atoms. The van der Waals surface area contributed by atoms with E-state index in [-0.39, 0.29) is 0 Å². The zero-order valence-corrected chi connectivity index (χ0v) is 11.5. The van der Waals surface area contributed by atoms with Crippen molar-refractivity contribution >= 4 is 11.5 Å². The Balaban J connectivity index is 1.86. The number of tetrazole rings is 1. The Labute approximate surface area is 112 Å². The summed E-state index contributed by atoms with van der Waals surface area (Å²) in [5.41, 5.74) is 0.695. The lowest BCUT2D eigenvalue weighted by Gasteiger charge is -2.30. The summed E-state index contributed by atoms with van der Waals surface area (Å²) in [5, 5.41) is 15.9. The predicted octanol–water partition coefficient (Wildman–Crippen LogP) is 1.92. The molecule has 0 saturated carbocycles. The Bertz CT molecular complexity index is 551. The van der Waals surface area contributed by atoms with E-state index in [0.29, 0.717) is 17.6 Å². The van der Waals surface area contributed by atoms with Gasteiger partial charge in [0.25, 0.3) is 0 Å². The summed E-state index contributed by atoms with van der Waals surface area (Å²) in [7, 11) is 0. The van der Waals surface area contributed by atoms with Gasteiger partial charge in [-0.2, -0.15) is 0 Å². The SMILES string of the molecule is CCCC(C)C1CCCN1c1ccc2nnnn2n1. The smallest absolute Gasteiger partial charge is 0.200 e. The third-order valence-corrected chi connectivity index (χ3v) is 4.05. The molecule has 0 amide bonds. The number of nitrogens with zero attached hydrogens (tertiary/aromatic N) is 6. The highest BCUT2D eigenvalue weighted by Gasteiger charge is 2.30. The van der Waals surface area contributed by atoms with Gasteiger partial charge in [0.2, 0.25) is 0 Å². The van der Waals surface area contributed by atoms with Crippen molar-refractivity contribution in [3.63, 3.8) is 0 Å². The van der Waals surface area contributed by atoms with E-state index in [2.05, 4.69) is 39.4 Å². The fraction of sp³-hybridized carbons (Fsp3) is 0.692. The first-order chi connectivity index (χ1) is 9.29. The maximum absolute atomic E-state index is 4.52. The third kappa shape index (κ3) is 2.27. The lowest BCUT2D eigenvalue weighted by atomic mass is 9.95. The van der Waals surface area contributed by atoms with Crippen LogP contribution in [0.5, 0.6) is 0 Å². The zero-order valence-electron chi connectivity index (χ0n) is 11.5. The molecule has 0 spiro atoms. The molecule has 0 radical (unpaired) electrons. The molecule has 3 rings (SSSR count). The summed E-state index contributed by atoms with van der Waals surface area (Å²) in [5.74, 6) is 1.70. The van der Waals surface area contributed by atoms with E-state index in [1.807, 2.05) is 12.1 Å². The second-order valence-electron chi connectivity index (χ2n) is 5.39. The van der Waals surface area contributed by atoms with E-state index >= 15 is 0 Å². The molecule has 0 aromatic carbocycles. The van der Waals surface area contributed by atoms with Gasteiger partial charge in [0.1, 0.15) is 0 Å². The minimum absolute atomic E-state index is 0.599. The van der Waals surface area contributed by atoms with Crippen LogP contribution in [0.3, 0.4) is 0 Å². The molecule has 2 aromatic rings. The average Bonchev–Trinajstić information content (AvgIpc) is 3.07. The first-order valence-electron chi connectivity index (χ1n) is 7.11. The van der Waals surface area contributed by atoms with Crippen LogP contribution in [0.4, 0.5) is 5.82 Å². The number of hydrogen-bond acceptors (Lipinski definition) is 5. The van der Waals surface area contributed by atoms with Crippen molar-refractivity contribution in [2.24, 2.45) is 5.92 Å². The quantitative estimate of drug-likeness (QED) is 0.840. The molecule has 2 aromatic heterocycles. The van der Waals surface area contributed by atoms with Crippen molar-refractivity contribution in [1.82, 2.24) is 25.3 Å².